The number of aromatic nitrogens is 2. The zero-order chi connectivity index (χ0) is 27.2. The molecule has 204 valence electrons. The SMILES string of the molecule is Clc1cc2[nH]c(OC3CC34COC3[C@@H]4OCC34CC4)c(-c3ccccc3)c2nc1-c1ccc(-c2ccccc2)cc1. The minimum atomic E-state index is -0.0568. The van der Waals surface area contributed by atoms with Gasteiger partial charge in [0.25, 0.3) is 0 Å². The molecule has 4 heterocycles. The van der Waals surface area contributed by atoms with Gasteiger partial charge in [0.15, 0.2) is 0 Å². The Morgan fingerprint density at radius 3 is 2.17 bits per heavy atom. The van der Waals surface area contributed by atoms with Crippen molar-refractivity contribution in [2.24, 2.45) is 10.8 Å². The van der Waals surface area contributed by atoms with Crippen LogP contribution in [0.1, 0.15) is 19.3 Å². The molecule has 0 bridgehead atoms. The summed E-state index contributed by atoms with van der Waals surface area (Å²) in [6.07, 6.45) is 3.80. The Morgan fingerprint density at radius 2 is 1.44 bits per heavy atom. The fraction of sp³-hybridized carbons (Fsp3) is 0.286. The van der Waals surface area contributed by atoms with Gasteiger partial charge in [0.1, 0.15) is 11.6 Å². The van der Waals surface area contributed by atoms with Gasteiger partial charge in [-0.25, -0.2) is 4.98 Å². The predicted octanol–water partition coefficient (Wildman–Crippen LogP) is 7.93. The summed E-state index contributed by atoms with van der Waals surface area (Å²) >= 11 is 6.86. The van der Waals surface area contributed by atoms with Crippen molar-refractivity contribution in [2.75, 3.05) is 13.2 Å². The summed E-state index contributed by atoms with van der Waals surface area (Å²) in [7, 11) is 0. The van der Waals surface area contributed by atoms with Crippen LogP contribution in [-0.4, -0.2) is 41.5 Å². The number of fused-ring (bicyclic) bond motifs is 4. The van der Waals surface area contributed by atoms with E-state index in [1.165, 1.54) is 18.4 Å². The van der Waals surface area contributed by atoms with E-state index in [-0.39, 0.29) is 29.1 Å². The zero-order valence-corrected chi connectivity index (χ0v) is 23.2. The van der Waals surface area contributed by atoms with E-state index in [9.17, 15) is 0 Å². The molecule has 6 heteroatoms. The fourth-order valence-corrected chi connectivity index (χ4v) is 7.38. The molecule has 1 N–H and O–H groups in total. The highest BCUT2D eigenvalue weighted by atomic mass is 35.5. The molecule has 2 aliphatic carbocycles. The van der Waals surface area contributed by atoms with Crippen LogP contribution in [0.15, 0.2) is 91.0 Å². The molecule has 9 rings (SSSR count). The van der Waals surface area contributed by atoms with Crippen LogP contribution in [0, 0.1) is 10.8 Å². The summed E-state index contributed by atoms with van der Waals surface area (Å²) < 4.78 is 19.5. The molecule has 0 radical (unpaired) electrons. The number of aromatic amines is 1. The summed E-state index contributed by atoms with van der Waals surface area (Å²) in [5.74, 6) is 0.732. The molecule has 0 amide bonds. The number of nitrogens with zero attached hydrogens (tertiary/aromatic N) is 1. The number of rotatable bonds is 5. The molecule has 5 aromatic rings. The Bertz CT molecular complexity index is 1780. The lowest BCUT2D eigenvalue weighted by Gasteiger charge is -2.17. The number of pyridine rings is 1. The molecule has 41 heavy (non-hydrogen) atoms. The van der Waals surface area contributed by atoms with Crippen LogP contribution in [0.4, 0.5) is 0 Å². The number of nitrogens with one attached hydrogen (secondary N) is 1. The van der Waals surface area contributed by atoms with Crippen molar-refractivity contribution >= 4 is 22.6 Å². The van der Waals surface area contributed by atoms with Crippen molar-refractivity contribution in [3.8, 4) is 39.4 Å². The number of ether oxygens (including phenoxy) is 3. The minimum absolute atomic E-state index is 0.0439. The third-order valence-electron chi connectivity index (χ3n) is 9.74. The summed E-state index contributed by atoms with van der Waals surface area (Å²) in [5, 5.41) is 0.599. The fourth-order valence-electron chi connectivity index (χ4n) is 7.11. The van der Waals surface area contributed by atoms with Gasteiger partial charge in [-0.05, 0) is 42.0 Å². The Hall–Kier alpha value is -3.64. The summed E-state index contributed by atoms with van der Waals surface area (Å²) in [6.45, 7) is 1.54. The molecule has 2 saturated heterocycles. The van der Waals surface area contributed by atoms with Crippen molar-refractivity contribution in [1.82, 2.24) is 9.97 Å². The highest BCUT2D eigenvalue weighted by molar-refractivity contribution is 6.33. The monoisotopic (exact) mass is 560 g/mol. The van der Waals surface area contributed by atoms with E-state index >= 15 is 0 Å². The Morgan fingerprint density at radius 1 is 0.780 bits per heavy atom. The van der Waals surface area contributed by atoms with Gasteiger partial charge in [0.05, 0.1) is 52.6 Å². The summed E-state index contributed by atoms with van der Waals surface area (Å²) in [5.41, 5.74) is 8.00. The molecule has 3 aromatic carbocycles. The highest BCUT2D eigenvalue weighted by Gasteiger charge is 2.75. The van der Waals surface area contributed by atoms with E-state index in [1.807, 2.05) is 30.3 Å². The third-order valence-corrected chi connectivity index (χ3v) is 10.0. The maximum atomic E-state index is 6.86. The second kappa shape index (κ2) is 8.68. The van der Waals surface area contributed by atoms with Crippen LogP contribution in [0.2, 0.25) is 5.02 Å². The van der Waals surface area contributed by atoms with E-state index < -0.39 is 0 Å². The molecule has 3 unspecified atom stereocenters. The van der Waals surface area contributed by atoms with E-state index in [4.69, 9.17) is 30.8 Å². The van der Waals surface area contributed by atoms with Crippen molar-refractivity contribution < 1.29 is 14.2 Å². The minimum Gasteiger partial charge on any atom is -0.474 e. The first-order valence-corrected chi connectivity index (χ1v) is 14.8. The van der Waals surface area contributed by atoms with Gasteiger partial charge in [-0.2, -0.15) is 0 Å². The average molecular weight is 561 g/mol. The Kier molecular flexibility index (Phi) is 5.08. The second-order valence-electron chi connectivity index (χ2n) is 12.2. The average Bonchev–Trinajstić information content (AvgIpc) is 3.80. The molecule has 5 nitrogen and oxygen atoms in total. The molecular weight excluding hydrogens is 532 g/mol. The van der Waals surface area contributed by atoms with Crippen molar-refractivity contribution in [1.29, 1.82) is 0 Å². The largest absolute Gasteiger partial charge is 0.474 e. The Balaban J connectivity index is 1.09. The highest BCUT2D eigenvalue weighted by Crippen LogP contribution is 2.67. The number of hydrogen-bond donors (Lipinski definition) is 1. The van der Waals surface area contributed by atoms with Gasteiger partial charge in [0.2, 0.25) is 5.88 Å². The van der Waals surface area contributed by atoms with Crippen molar-refractivity contribution in [3.63, 3.8) is 0 Å². The second-order valence-corrected chi connectivity index (χ2v) is 12.6. The topological polar surface area (TPSA) is 56.4 Å². The molecule has 4 aliphatic rings. The number of benzene rings is 3. The number of H-pyrrole nitrogens is 1. The van der Waals surface area contributed by atoms with E-state index in [0.717, 1.165) is 57.9 Å². The van der Waals surface area contributed by atoms with E-state index in [1.54, 1.807) is 0 Å². The number of hydrogen-bond acceptors (Lipinski definition) is 4. The van der Waals surface area contributed by atoms with Gasteiger partial charge >= 0.3 is 0 Å². The predicted molar refractivity (Wildman–Crippen MR) is 160 cm³/mol. The lowest BCUT2D eigenvalue weighted by atomic mass is 9.92. The maximum Gasteiger partial charge on any atom is 0.201 e. The first kappa shape index (κ1) is 24.0. The van der Waals surface area contributed by atoms with Crippen molar-refractivity contribution in [3.05, 3.63) is 96.0 Å². The normalized spacial score (nSPS) is 27.0. The van der Waals surface area contributed by atoms with Gasteiger partial charge < -0.3 is 19.2 Å². The first-order chi connectivity index (χ1) is 20.1. The molecule has 2 spiro atoms. The van der Waals surface area contributed by atoms with Gasteiger partial charge in [-0.3, -0.25) is 0 Å². The van der Waals surface area contributed by atoms with Gasteiger partial charge in [0, 0.05) is 11.0 Å². The van der Waals surface area contributed by atoms with Gasteiger partial charge in [-0.15, -0.1) is 0 Å². The third kappa shape index (κ3) is 3.66. The molecule has 2 aliphatic heterocycles. The van der Waals surface area contributed by atoms with Crippen LogP contribution in [0.3, 0.4) is 0 Å². The maximum absolute atomic E-state index is 6.86. The van der Waals surface area contributed by atoms with Crippen LogP contribution in [0.5, 0.6) is 5.88 Å². The standard InChI is InChI=1S/C35H29ClN2O3/c36-25-17-26-30(38-29(25)24-13-11-22(12-14-24)21-7-3-1-4-8-21)28(23-9-5-2-6-10-23)33(37-26)41-27-18-35(27)20-40-31-32(35)39-19-34(31)15-16-34/h1-14,17,27,31-32,37H,15-16,18-20H2/t27?,31?,32-,35?/m0/s1. The molecule has 2 saturated carbocycles. The zero-order valence-electron chi connectivity index (χ0n) is 22.5. The lowest BCUT2D eigenvalue weighted by molar-refractivity contribution is 0.0470. The lowest BCUT2D eigenvalue weighted by Crippen LogP contribution is -2.30. The smallest absolute Gasteiger partial charge is 0.201 e. The molecule has 4 atom stereocenters. The van der Waals surface area contributed by atoms with E-state index in [2.05, 4.69) is 65.6 Å². The molecule has 2 aromatic heterocycles. The summed E-state index contributed by atoms with van der Waals surface area (Å²) in [4.78, 5) is 8.68. The van der Waals surface area contributed by atoms with Crippen LogP contribution in [0.25, 0.3) is 44.5 Å². The Labute approximate surface area is 243 Å². The van der Waals surface area contributed by atoms with Crippen LogP contribution < -0.4 is 4.74 Å². The number of halogens is 1. The molecule has 4 fully saturated rings. The van der Waals surface area contributed by atoms with Crippen LogP contribution in [-0.2, 0) is 9.47 Å². The quantitative estimate of drug-likeness (QED) is 0.237. The summed E-state index contributed by atoms with van der Waals surface area (Å²) in [6, 6.07) is 31.1. The molecular formula is C35H29ClN2O3. The van der Waals surface area contributed by atoms with Gasteiger partial charge in [-0.1, -0.05) is 96.5 Å². The van der Waals surface area contributed by atoms with Crippen LogP contribution >= 0.6 is 11.6 Å². The first-order valence-electron chi connectivity index (χ1n) is 14.5. The van der Waals surface area contributed by atoms with Crippen molar-refractivity contribution in [2.45, 2.75) is 37.6 Å². The van der Waals surface area contributed by atoms with E-state index in [0.29, 0.717) is 11.6 Å².